The van der Waals surface area contributed by atoms with Crippen molar-refractivity contribution in [1.82, 2.24) is 25.9 Å². The lowest BCUT2D eigenvalue weighted by molar-refractivity contribution is -0.125. The fraction of sp³-hybridized carbons (Fsp3) is 0.200. The minimum absolute atomic E-state index is 0.0699. The van der Waals surface area contributed by atoms with Crippen LogP contribution in [0.2, 0.25) is 0 Å². The van der Waals surface area contributed by atoms with Crippen LogP contribution in [0.5, 0.6) is 0 Å². The molecule has 1 unspecified atom stereocenters. The zero-order valence-electron chi connectivity index (χ0n) is 17.6. The second-order valence-electron chi connectivity index (χ2n) is 7.67. The number of hydrogen-bond acceptors (Lipinski definition) is 5. The van der Waals surface area contributed by atoms with E-state index in [1.165, 1.54) is 5.56 Å². The number of carbonyl (C=O) groups excluding carboxylic acids is 1. The number of nitrogens with zero attached hydrogens (tertiary/aromatic N) is 3. The van der Waals surface area contributed by atoms with Crippen LogP contribution in [-0.2, 0) is 17.6 Å². The van der Waals surface area contributed by atoms with Gasteiger partial charge in [-0.1, -0.05) is 90.1 Å². The van der Waals surface area contributed by atoms with Gasteiger partial charge in [0.25, 0.3) is 0 Å². The largest absolute Gasteiger partial charge is 0.345 e. The summed E-state index contributed by atoms with van der Waals surface area (Å²) in [7, 11) is 0. The molecule has 1 heterocycles. The molecule has 0 fully saturated rings. The molecule has 0 aliphatic carbocycles. The average molecular weight is 444 g/mol. The van der Waals surface area contributed by atoms with Crippen LogP contribution in [0.15, 0.2) is 84.9 Å². The summed E-state index contributed by atoms with van der Waals surface area (Å²) in [5.74, 6) is 0.587. The first-order valence-corrected chi connectivity index (χ1v) is 11.2. The molecule has 2 atom stereocenters. The first-order valence-electron chi connectivity index (χ1n) is 10.6. The fourth-order valence-corrected chi connectivity index (χ4v) is 3.95. The molecular weight excluding hydrogens is 418 g/mol. The molecule has 1 aromatic heterocycles. The second kappa shape index (κ2) is 10.7. The Kier molecular flexibility index (Phi) is 7.30. The Balaban J connectivity index is 1.47. The highest BCUT2D eigenvalue weighted by molar-refractivity contribution is 7.80. The van der Waals surface area contributed by atoms with Crippen molar-refractivity contribution >= 4 is 18.5 Å². The number of nitrogens with one attached hydrogen (secondary N) is 2. The normalized spacial score (nSPS) is 12.8. The van der Waals surface area contributed by atoms with Crippen LogP contribution in [0.1, 0.15) is 23.0 Å². The van der Waals surface area contributed by atoms with Gasteiger partial charge in [0.05, 0.1) is 12.0 Å². The molecule has 0 radical (unpaired) electrons. The zero-order chi connectivity index (χ0) is 22.2. The van der Waals surface area contributed by atoms with Gasteiger partial charge in [-0.3, -0.25) is 4.79 Å². The quantitative estimate of drug-likeness (QED) is 0.341. The van der Waals surface area contributed by atoms with Crippen molar-refractivity contribution in [2.24, 2.45) is 5.92 Å². The van der Waals surface area contributed by atoms with Crippen LogP contribution < -0.4 is 5.32 Å². The van der Waals surface area contributed by atoms with Crippen molar-refractivity contribution in [1.29, 1.82) is 0 Å². The number of aromatic nitrogens is 4. The van der Waals surface area contributed by atoms with Crippen molar-refractivity contribution in [3.05, 3.63) is 102 Å². The maximum absolute atomic E-state index is 13.1. The van der Waals surface area contributed by atoms with E-state index < -0.39 is 0 Å². The van der Waals surface area contributed by atoms with Gasteiger partial charge in [0.15, 0.2) is 5.82 Å². The summed E-state index contributed by atoms with van der Waals surface area (Å²) in [5.41, 5.74) is 4.49. The van der Waals surface area contributed by atoms with E-state index in [0.717, 1.165) is 16.7 Å². The number of amides is 1. The average Bonchev–Trinajstić information content (AvgIpc) is 3.39. The number of hydrogen-bond donors (Lipinski definition) is 3. The van der Waals surface area contributed by atoms with Gasteiger partial charge in [0.1, 0.15) is 0 Å². The molecule has 0 bridgehead atoms. The van der Waals surface area contributed by atoms with Crippen LogP contribution in [0.3, 0.4) is 0 Å². The standard InChI is InChI=1S/C25H25N5OS/c31-25(22(17-32)15-18-7-3-1-4-8-18)26-23(24-27-29-30-28-24)16-19-11-13-21(14-12-19)20-9-5-2-6-10-20/h1-14,22-23,32H,15-17H2,(H,26,31)(H,27,28,29,30)/t22-,23?/m1/s1. The van der Waals surface area contributed by atoms with E-state index >= 15 is 0 Å². The zero-order valence-corrected chi connectivity index (χ0v) is 18.5. The summed E-state index contributed by atoms with van der Waals surface area (Å²) in [4.78, 5) is 13.1. The van der Waals surface area contributed by atoms with Crippen LogP contribution in [-0.4, -0.2) is 32.3 Å². The Bertz CT molecular complexity index is 1100. The summed E-state index contributed by atoms with van der Waals surface area (Å²) in [6.07, 6.45) is 1.19. The minimum atomic E-state index is -0.387. The van der Waals surface area contributed by atoms with Gasteiger partial charge in [-0.2, -0.15) is 17.8 Å². The maximum atomic E-state index is 13.1. The van der Waals surface area contributed by atoms with Crippen molar-refractivity contribution < 1.29 is 4.79 Å². The second-order valence-corrected chi connectivity index (χ2v) is 8.03. The minimum Gasteiger partial charge on any atom is -0.345 e. The molecule has 0 saturated carbocycles. The van der Waals surface area contributed by atoms with Gasteiger partial charge in [-0.15, -0.1) is 10.2 Å². The van der Waals surface area contributed by atoms with E-state index in [4.69, 9.17) is 0 Å². The van der Waals surface area contributed by atoms with Crippen molar-refractivity contribution in [2.75, 3.05) is 5.75 Å². The van der Waals surface area contributed by atoms with Gasteiger partial charge < -0.3 is 5.32 Å². The topological polar surface area (TPSA) is 83.6 Å². The van der Waals surface area contributed by atoms with E-state index in [1.54, 1.807) is 0 Å². The number of rotatable bonds is 9. The Morgan fingerprint density at radius 1 is 0.844 bits per heavy atom. The summed E-state index contributed by atoms with van der Waals surface area (Å²) in [6, 6.07) is 28.1. The number of carbonyl (C=O) groups is 1. The molecular formula is C25H25N5OS. The first-order chi connectivity index (χ1) is 15.7. The van der Waals surface area contributed by atoms with E-state index in [0.29, 0.717) is 24.4 Å². The SMILES string of the molecule is O=C(NC(Cc1ccc(-c2ccccc2)cc1)c1nn[nH]n1)[C@@H](CS)Cc1ccccc1. The molecule has 0 aliphatic rings. The highest BCUT2D eigenvalue weighted by Gasteiger charge is 2.24. The third kappa shape index (κ3) is 5.62. The van der Waals surface area contributed by atoms with Gasteiger partial charge in [0.2, 0.25) is 5.91 Å². The summed E-state index contributed by atoms with van der Waals surface area (Å²) in [5, 5.41) is 17.5. The molecule has 6 nitrogen and oxygen atoms in total. The van der Waals surface area contributed by atoms with E-state index in [9.17, 15) is 4.79 Å². The van der Waals surface area contributed by atoms with Crippen LogP contribution >= 0.6 is 12.6 Å². The Hall–Kier alpha value is -3.45. The van der Waals surface area contributed by atoms with Crippen molar-refractivity contribution in [2.45, 2.75) is 18.9 Å². The molecule has 1 amide bonds. The Labute approximate surface area is 192 Å². The van der Waals surface area contributed by atoms with Crippen LogP contribution in [0.4, 0.5) is 0 Å². The van der Waals surface area contributed by atoms with Gasteiger partial charge >= 0.3 is 0 Å². The number of benzene rings is 3. The highest BCUT2D eigenvalue weighted by Crippen LogP contribution is 2.22. The smallest absolute Gasteiger partial charge is 0.224 e. The molecule has 0 aliphatic heterocycles. The molecule has 162 valence electrons. The lowest BCUT2D eigenvalue weighted by atomic mass is 9.98. The molecule has 4 rings (SSSR count). The summed E-state index contributed by atoms with van der Waals surface area (Å²) in [6.45, 7) is 0. The van der Waals surface area contributed by atoms with E-state index in [2.05, 4.69) is 75.0 Å². The maximum Gasteiger partial charge on any atom is 0.224 e. The number of tetrazole rings is 1. The Morgan fingerprint density at radius 3 is 2.09 bits per heavy atom. The first kappa shape index (κ1) is 21.8. The van der Waals surface area contributed by atoms with Crippen LogP contribution in [0.25, 0.3) is 11.1 Å². The van der Waals surface area contributed by atoms with Gasteiger partial charge in [-0.05, 0) is 28.7 Å². The molecule has 0 spiro atoms. The summed E-state index contributed by atoms with van der Waals surface area (Å²) >= 11 is 4.42. The lowest BCUT2D eigenvalue weighted by Crippen LogP contribution is -2.37. The van der Waals surface area contributed by atoms with Gasteiger partial charge in [-0.25, -0.2) is 0 Å². The molecule has 2 N–H and O–H groups in total. The van der Waals surface area contributed by atoms with Crippen molar-refractivity contribution in [3.63, 3.8) is 0 Å². The predicted octanol–water partition coefficient (Wildman–Crippen LogP) is 4.06. The molecule has 4 aromatic rings. The number of thiol groups is 1. The molecule has 7 heteroatoms. The number of H-pyrrole nitrogens is 1. The summed E-state index contributed by atoms with van der Waals surface area (Å²) < 4.78 is 0. The van der Waals surface area contributed by atoms with E-state index in [-0.39, 0.29) is 17.9 Å². The van der Waals surface area contributed by atoms with E-state index in [1.807, 2.05) is 48.5 Å². The third-order valence-corrected chi connectivity index (χ3v) is 5.85. The fourth-order valence-electron chi connectivity index (χ4n) is 3.65. The molecule has 32 heavy (non-hydrogen) atoms. The number of aromatic amines is 1. The predicted molar refractivity (Wildman–Crippen MR) is 128 cm³/mol. The Morgan fingerprint density at radius 2 is 1.47 bits per heavy atom. The monoisotopic (exact) mass is 443 g/mol. The third-order valence-electron chi connectivity index (χ3n) is 5.41. The van der Waals surface area contributed by atoms with Crippen molar-refractivity contribution in [3.8, 4) is 11.1 Å². The molecule has 0 saturated heterocycles. The van der Waals surface area contributed by atoms with Gasteiger partial charge in [0, 0.05) is 12.2 Å². The highest BCUT2D eigenvalue weighted by atomic mass is 32.1. The van der Waals surface area contributed by atoms with Crippen LogP contribution in [0, 0.1) is 5.92 Å². The lowest BCUT2D eigenvalue weighted by Gasteiger charge is -2.20. The molecule has 3 aromatic carbocycles.